The van der Waals surface area contributed by atoms with Crippen LogP contribution in [0.2, 0.25) is 0 Å². The molecule has 5 nitrogen and oxygen atoms in total. The predicted octanol–water partition coefficient (Wildman–Crippen LogP) is 4.75. The molecule has 0 radical (unpaired) electrons. The number of ether oxygens (including phenoxy) is 1. The SMILES string of the molecule is CN1CCN(c2ccc(F)c(F)c2)c2ccc(-c3ccc(OC(F)F)nn3)c(F)c2C1. The number of rotatable bonds is 4. The molecule has 0 aliphatic carbocycles. The summed E-state index contributed by atoms with van der Waals surface area (Å²) in [6.45, 7) is -1.77. The van der Waals surface area contributed by atoms with E-state index in [0.29, 0.717) is 30.0 Å². The molecule has 1 aliphatic heterocycles. The van der Waals surface area contributed by atoms with Gasteiger partial charge >= 0.3 is 6.61 Å². The average molecular weight is 436 g/mol. The fraction of sp³-hybridized carbons (Fsp3) is 0.238. The molecule has 2 aromatic carbocycles. The minimum absolute atomic E-state index is 0.135. The Morgan fingerprint density at radius 1 is 0.935 bits per heavy atom. The Balaban J connectivity index is 1.75. The highest BCUT2D eigenvalue weighted by Gasteiger charge is 2.25. The second kappa shape index (κ2) is 8.46. The Kier molecular flexibility index (Phi) is 5.73. The van der Waals surface area contributed by atoms with Gasteiger partial charge in [0.2, 0.25) is 5.88 Å². The van der Waals surface area contributed by atoms with Crippen LogP contribution in [0.25, 0.3) is 11.3 Å². The van der Waals surface area contributed by atoms with Crippen LogP contribution in [0.1, 0.15) is 5.56 Å². The highest BCUT2D eigenvalue weighted by molar-refractivity contribution is 5.73. The van der Waals surface area contributed by atoms with Crippen LogP contribution >= 0.6 is 0 Å². The molecule has 0 spiro atoms. The lowest BCUT2D eigenvalue weighted by Gasteiger charge is -2.25. The third-order valence-corrected chi connectivity index (χ3v) is 4.98. The van der Waals surface area contributed by atoms with Gasteiger partial charge in [-0.3, -0.25) is 0 Å². The van der Waals surface area contributed by atoms with E-state index in [1.807, 2.05) is 11.9 Å². The summed E-state index contributed by atoms with van der Waals surface area (Å²) in [5.74, 6) is -2.89. The number of hydrogen-bond donors (Lipinski definition) is 0. The van der Waals surface area contributed by atoms with Gasteiger partial charge in [-0.1, -0.05) is 0 Å². The van der Waals surface area contributed by atoms with Crippen molar-refractivity contribution in [3.8, 4) is 17.1 Å². The second-order valence-electron chi connectivity index (χ2n) is 7.05. The minimum Gasteiger partial charge on any atom is -0.415 e. The molecule has 4 rings (SSSR count). The topological polar surface area (TPSA) is 41.5 Å². The van der Waals surface area contributed by atoms with E-state index in [9.17, 15) is 17.6 Å². The van der Waals surface area contributed by atoms with Gasteiger partial charge in [-0.15, -0.1) is 10.2 Å². The van der Waals surface area contributed by atoms with Gasteiger partial charge in [0.1, 0.15) is 5.82 Å². The van der Waals surface area contributed by atoms with Crippen LogP contribution < -0.4 is 9.64 Å². The Morgan fingerprint density at radius 2 is 1.74 bits per heavy atom. The lowest BCUT2D eigenvalue weighted by atomic mass is 10.0. The number of aromatic nitrogens is 2. The van der Waals surface area contributed by atoms with Gasteiger partial charge in [-0.25, -0.2) is 13.2 Å². The van der Waals surface area contributed by atoms with Crippen LogP contribution in [-0.4, -0.2) is 41.8 Å². The molecule has 0 bridgehead atoms. The number of nitrogens with zero attached hydrogens (tertiary/aromatic N) is 4. The van der Waals surface area contributed by atoms with Crippen molar-refractivity contribution >= 4 is 11.4 Å². The Morgan fingerprint density at radius 3 is 2.42 bits per heavy atom. The molecular formula is C21H17F5N4O. The maximum atomic E-state index is 15.5. The largest absolute Gasteiger partial charge is 0.415 e. The second-order valence-corrected chi connectivity index (χ2v) is 7.05. The van der Waals surface area contributed by atoms with Crippen molar-refractivity contribution in [1.29, 1.82) is 0 Å². The first kappa shape index (κ1) is 21.0. The van der Waals surface area contributed by atoms with E-state index in [-0.39, 0.29) is 23.7 Å². The third-order valence-electron chi connectivity index (χ3n) is 4.98. The molecule has 0 N–H and O–H groups in total. The minimum atomic E-state index is -3.04. The van der Waals surface area contributed by atoms with Crippen LogP contribution in [0, 0.1) is 17.5 Å². The van der Waals surface area contributed by atoms with E-state index >= 15 is 4.39 Å². The van der Waals surface area contributed by atoms with Crippen LogP contribution in [0.5, 0.6) is 5.88 Å². The Labute approximate surface area is 174 Å². The van der Waals surface area contributed by atoms with Gasteiger partial charge in [0, 0.05) is 54.3 Å². The lowest BCUT2D eigenvalue weighted by Crippen LogP contribution is -2.26. The maximum Gasteiger partial charge on any atom is 0.388 e. The zero-order chi connectivity index (χ0) is 22.1. The summed E-state index contributed by atoms with van der Waals surface area (Å²) in [7, 11) is 1.82. The fourth-order valence-corrected chi connectivity index (χ4v) is 3.49. The van der Waals surface area contributed by atoms with Gasteiger partial charge in [-0.2, -0.15) is 8.78 Å². The van der Waals surface area contributed by atoms with Crippen molar-refractivity contribution in [3.05, 3.63) is 65.5 Å². The fourth-order valence-electron chi connectivity index (χ4n) is 3.49. The summed E-state index contributed by atoms with van der Waals surface area (Å²) in [5.41, 5.74) is 1.54. The van der Waals surface area contributed by atoms with E-state index in [0.717, 1.165) is 12.1 Å². The summed E-state index contributed by atoms with van der Waals surface area (Å²) in [6, 6.07) is 9.21. The first-order valence-corrected chi connectivity index (χ1v) is 9.35. The van der Waals surface area contributed by atoms with Crippen molar-refractivity contribution in [2.45, 2.75) is 13.2 Å². The standard InChI is InChI=1S/C21H17F5N4O/c1-29-8-9-30(12-2-4-15(22)16(23)10-12)18-6-3-13(20(24)14(18)11-29)17-5-7-19(28-27-17)31-21(25)26/h2-7,10,21H,8-9,11H2,1H3. The molecule has 2 heterocycles. The molecule has 0 saturated carbocycles. The van der Waals surface area contributed by atoms with Crippen LogP contribution in [0.3, 0.4) is 0 Å². The molecule has 10 heteroatoms. The molecule has 31 heavy (non-hydrogen) atoms. The van der Waals surface area contributed by atoms with Crippen molar-refractivity contribution in [3.63, 3.8) is 0 Å². The molecule has 162 valence electrons. The van der Waals surface area contributed by atoms with E-state index in [1.165, 1.54) is 24.3 Å². The number of benzene rings is 2. The zero-order valence-corrected chi connectivity index (χ0v) is 16.3. The highest BCUT2D eigenvalue weighted by Crippen LogP contribution is 2.37. The van der Waals surface area contributed by atoms with Gasteiger partial charge in [-0.05, 0) is 37.4 Å². The number of likely N-dealkylation sites (N-methyl/N-ethyl adjacent to an activating group) is 1. The van der Waals surface area contributed by atoms with Crippen molar-refractivity contribution < 1.29 is 26.7 Å². The van der Waals surface area contributed by atoms with Crippen LogP contribution in [0.15, 0.2) is 42.5 Å². The smallest absolute Gasteiger partial charge is 0.388 e. The van der Waals surface area contributed by atoms with Gasteiger partial charge in [0.15, 0.2) is 11.6 Å². The normalized spacial score (nSPS) is 14.5. The van der Waals surface area contributed by atoms with E-state index in [2.05, 4.69) is 14.9 Å². The van der Waals surface area contributed by atoms with Crippen LogP contribution in [-0.2, 0) is 6.54 Å². The number of hydrogen-bond acceptors (Lipinski definition) is 5. The monoisotopic (exact) mass is 436 g/mol. The molecule has 1 aromatic heterocycles. The Bertz CT molecular complexity index is 1090. The Hall–Kier alpha value is -3.27. The molecule has 0 unspecified atom stereocenters. The summed E-state index contributed by atoms with van der Waals surface area (Å²) >= 11 is 0. The van der Waals surface area contributed by atoms with Gasteiger partial charge in [0.05, 0.1) is 5.69 Å². The summed E-state index contributed by atoms with van der Waals surface area (Å²) in [5, 5.41) is 7.33. The van der Waals surface area contributed by atoms with E-state index in [1.54, 1.807) is 11.0 Å². The van der Waals surface area contributed by atoms with Crippen molar-refractivity contribution in [2.24, 2.45) is 0 Å². The van der Waals surface area contributed by atoms with E-state index in [4.69, 9.17) is 0 Å². The quantitative estimate of drug-likeness (QED) is 0.553. The predicted molar refractivity (Wildman–Crippen MR) is 104 cm³/mol. The molecular weight excluding hydrogens is 419 g/mol. The molecule has 0 amide bonds. The highest BCUT2D eigenvalue weighted by atomic mass is 19.3. The molecule has 0 saturated heterocycles. The average Bonchev–Trinajstić information content (AvgIpc) is 2.90. The van der Waals surface area contributed by atoms with Gasteiger partial charge in [0.25, 0.3) is 0 Å². The molecule has 3 aromatic rings. The van der Waals surface area contributed by atoms with Crippen molar-refractivity contribution in [2.75, 3.05) is 25.0 Å². The molecule has 0 atom stereocenters. The summed E-state index contributed by atoms with van der Waals surface area (Å²) in [4.78, 5) is 3.62. The molecule has 1 aliphatic rings. The van der Waals surface area contributed by atoms with Crippen molar-refractivity contribution in [1.82, 2.24) is 15.1 Å². The van der Waals surface area contributed by atoms with Gasteiger partial charge < -0.3 is 14.5 Å². The molecule has 0 fully saturated rings. The number of alkyl halides is 2. The maximum absolute atomic E-state index is 15.5. The number of fused-ring (bicyclic) bond motifs is 1. The lowest BCUT2D eigenvalue weighted by molar-refractivity contribution is -0.0534. The first-order valence-electron chi connectivity index (χ1n) is 9.35. The third kappa shape index (κ3) is 4.29. The van der Waals surface area contributed by atoms with E-state index < -0.39 is 24.1 Å². The van der Waals surface area contributed by atoms with Crippen LogP contribution in [0.4, 0.5) is 33.3 Å². The summed E-state index contributed by atoms with van der Waals surface area (Å²) < 4.78 is 71.5. The first-order chi connectivity index (χ1) is 14.8. The zero-order valence-electron chi connectivity index (χ0n) is 16.3. The summed E-state index contributed by atoms with van der Waals surface area (Å²) in [6.07, 6.45) is 0. The number of halogens is 5. The number of anilines is 2.